The van der Waals surface area contributed by atoms with Crippen LogP contribution < -0.4 is 0 Å². The lowest BCUT2D eigenvalue weighted by molar-refractivity contribution is 0.674. The quantitative estimate of drug-likeness (QED) is 0.213. The lowest BCUT2D eigenvalue weighted by Gasteiger charge is -1.93. The molecule has 0 saturated heterocycles. The third-order valence-electron chi connectivity index (χ3n) is 3.66. The first-order valence-electron chi connectivity index (χ1n) is 9.51. The van der Waals surface area contributed by atoms with E-state index in [2.05, 4.69) is 62.5 Å². The number of hydrogen-bond donors (Lipinski definition) is 0. The van der Waals surface area contributed by atoms with E-state index in [1.54, 1.807) is 0 Å². The Morgan fingerprint density at radius 3 is 1.41 bits per heavy atom. The molecule has 0 aliphatic carbocycles. The number of hydrogen-bond acceptors (Lipinski definition) is 0. The molecule has 0 fully saturated rings. The predicted octanol–water partition coefficient (Wildman–Crippen LogP) is 7.93. The second-order valence-electron chi connectivity index (χ2n) is 5.90. The monoisotopic (exact) mass is 302 g/mol. The average Bonchev–Trinajstić information content (AvgIpc) is 2.54. The Hall–Kier alpha value is -1.04. The van der Waals surface area contributed by atoms with Crippen molar-refractivity contribution in [1.29, 1.82) is 0 Å². The van der Waals surface area contributed by atoms with Crippen molar-refractivity contribution < 1.29 is 0 Å². The van der Waals surface area contributed by atoms with Gasteiger partial charge in [-0.15, -0.1) is 0 Å². The lowest BCUT2D eigenvalue weighted by atomic mass is 10.1. The molecule has 0 atom stereocenters. The summed E-state index contributed by atoms with van der Waals surface area (Å²) in [6.07, 6.45) is 33.5. The van der Waals surface area contributed by atoms with Gasteiger partial charge in [0, 0.05) is 0 Å². The van der Waals surface area contributed by atoms with Gasteiger partial charge in [0.2, 0.25) is 0 Å². The van der Waals surface area contributed by atoms with E-state index in [9.17, 15) is 0 Å². The Morgan fingerprint density at radius 1 is 0.455 bits per heavy atom. The number of rotatable bonds is 15. The van der Waals surface area contributed by atoms with E-state index in [-0.39, 0.29) is 0 Å². The van der Waals surface area contributed by atoms with Crippen molar-refractivity contribution in [1.82, 2.24) is 0 Å². The second kappa shape index (κ2) is 20.0. The van der Waals surface area contributed by atoms with Crippen molar-refractivity contribution in [3.63, 3.8) is 0 Å². The Bertz CT molecular complexity index is 304. The van der Waals surface area contributed by atoms with Gasteiger partial charge >= 0.3 is 0 Å². The molecule has 0 aromatic heterocycles. The predicted molar refractivity (Wildman–Crippen MR) is 103 cm³/mol. The van der Waals surface area contributed by atoms with Gasteiger partial charge in [-0.3, -0.25) is 0 Å². The first kappa shape index (κ1) is 21.0. The van der Waals surface area contributed by atoms with E-state index in [0.717, 1.165) is 12.8 Å². The minimum Gasteiger partial charge on any atom is -0.0888 e. The maximum Gasteiger partial charge on any atom is -0.0169 e. The summed E-state index contributed by atoms with van der Waals surface area (Å²) >= 11 is 0. The van der Waals surface area contributed by atoms with Gasteiger partial charge in [-0.1, -0.05) is 81.7 Å². The molecule has 0 heterocycles. The zero-order valence-corrected chi connectivity index (χ0v) is 15.1. The fourth-order valence-corrected chi connectivity index (χ4v) is 2.28. The first-order valence-corrected chi connectivity index (χ1v) is 9.51. The summed E-state index contributed by atoms with van der Waals surface area (Å²) in [4.78, 5) is 0. The van der Waals surface area contributed by atoms with Crippen LogP contribution in [0.5, 0.6) is 0 Å². The fourth-order valence-electron chi connectivity index (χ4n) is 2.28. The summed E-state index contributed by atoms with van der Waals surface area (Å²) in [6, 6.07) is 0. The van der Waals surface area contributed by atoms with Crippen LogP contribution in [0.1, 0.15) is 90.9 Å². The molecule has 0 bridgehead atoms. The molecule has 0 radical (unpaired) electrons. The van der Waals surface area contributed by atoms with Crippen molar-refractivity contribution in [3.8, 4) is 0 Å². The van der Waals surface area contributed by atoms with Crippen LogP contribution in [0.3, 0.4) is 0 Å². The van der Waals surface area contributed by atoms with E-state index in [4.69, 9.17) is 0 Å². The van der Waals surface area contributed by atoms with Crippen molar-refractivity contribution in [3.05, 3.63) is 48.6 Å². The smallest absolute Gasteiger partial charge is 0.0169 e. The van der Waals surface area contributed by atoms with Crippen LogP contribution >= 0.6 is 0 Å². The lowest BCUT2D eigenvalue weighted by Crippen LogP contribution is -1.73. The Morgan fingerprint density at radius 2 is 0.909 bits per heavy atom. The fraction of sp³-hybridized carbons (Fsp3) is 0.636. The molecular weight excluding hydrogens is 264 g/mol. The molecule has 0 unspecified atom stereocenters. The van der Waals surface area contributed by atoms with Crippen LogP contribution in [-0.4, -0.2) is 0 Å². The maximum atomic E-state index is 2.34. The largest absolute Gasteiger partial charge is 0.0888 e. The zero-order valence-electron chi connectivity index (χ0n) is 15.1. The Kier molecular flexibility index (Phi) is 19.0. The molecule has 0 aromatic carbocycles. The van der Waals surface area contributed by atoms with Crippen LogP contribution in [-0.2, 0) is 0 Å². The van der Waals surface area contributed by atoms with Gasteiger partial charge in [-0.05, 0) is 57.8 Å². The minimum absolute atomic E-state index is 1.08. The molecule has 0 heteroatoms. The number of allylic oxidation sites excluding steroid dienone is 8. The molecule has 22 heavy (non-hydrogen) atoms. The van der Waals surface area contributed by atoms with Gasteiger partial charge in [0.25, 0.3) is 0 Å². The molecule has 0 aromatic rings. The summed E-state index contributed by atoms with van der Waals surface area (Å²) in [5, 5.41) is 0. The van der Waals surface area contributed by atoms with Gasteiger partial charge in [-0.2, -0.15) is 0 Å². The third-order valence-corrected chi connectivity index (χ3v) is 3.66. The summed E-state index contributed by atoms with van der Waals surface area (Å²) in [5.74, 6) is 0. The van der Waals surface area contributed by atoms with Gasteiger partial charge < -0.3 is 0 Å². The topological polar surface area (TPSA) is 0 Å². The standard InChI is InChI=1S/C22H38/c1-3-5-7-9-11-13-15-17-19-21-22-20-18-16-14-12-10-8-6-4-2/h5,7,14,16-17,19-20,22H,3-4,6,8-13,15,18,21H2,1-2H3/b7-5-,16-14-,19-17-,22-20-. The van der Waals surface area contributed by atoms with Crippen molar-refractivity contribution in [2.45, 2.75) is 90.9 Å². The molecule has 0 saturated carbocycles. The third kappa shape index (κ3) is 19.0. The van der Waals surface area contributed by atoms with Crippen LogP contribution in [0.25, 0.3) is 0 Å². The van der Waals surface area contributed by atoms with Crippen molar-refractivity contribution >= 4 is 0 Å². The van der Waals surface area contributed by atoms with Crippen LogP contribution in [0, 0.1) is 0 Å². The molecule has 0 nitrogen and oxygen atoms in total. The van der Waals surface area contributed by atoms with Crippen LogP contribution in [0.2, 0.25) is 0 Å². The highest BCUT2D eigenvalue weighted by Gasteiger charge is 1.84. The molecule has 126 valence electrons. The van der Waals surface area contributed by atoms with Crippen molar-refractivity contribution in [2.75, 3.05) is 0 Å². The normalized spacial score (nSPS) is 12.6. The van der Waals surface area contributed by atoms with E-state index < -0.39 is 0 Å². The van der Waals surface area contributed by atoms with Crippen LogP contribution in [0.4, 0.5) is 0 Å². The van der Waals surface area contributed by atoms with Gasteiger partial charge in [0.05, 0.1) is 0 Å². The maximum absolute atomic E-state index is 2.34. The Balaban J connectivity index is 3.30. The van der Waals surface area contributed by atoms with E-state index in [0.29, 0.717) is 0 Å². The molecule has 0 spiro atoms. The van der Waals surface area contributed by atoms with Gasteiger partial charge in [0.1, 0.15) is 0 Å². The molecule has 0 amide bonds. The molecule has 0 rings (SSSR count). The average molecular weight is 303 g/mol. The first-order chi connectivity index (χ1) is 10.9. The second-order valence-corrected chi connectivity index (χ2v) is 5.90. The van der Waals surface area contributed by atoms with Gasteiger partial charge in [-0.25, -0.2) is 0 Å². The van der Waals surface area contributed by atoms with E-state index in [1.807, 2.05) is 0 Å². The summed E-state index contributed by atoms with van der Waals surface area (Å²) in [7, 11) is 0. The summed E-state index contributed by atoms with van der Waals surface area (Å²) in [5.41, 5.74) is 0. The molecular formula is C22H38. The van der Waals surface area contributed by atoms with E-state index >= 15 is 0 Å². The SMILES string of the molecule is CC/C=C\CCCC/C=C\C/C=C\C/C=C\CCCCCC. The minimum atomic E-state index is 1.08. The van der Waals surface area contributed by atoms with Crippen molar-refractivity contribution in [2.24, 2.45) is 0 Å². The summed E-state index contributed by atoms with van der Waals surface area (Å²) < 4.78 is 0. The highest BCUT2D eigenvalue weighted by Crippen LogP contribution is 2.04. The zero-order chi connectivity index (χ0) is 16.1. The van der Waals surface area contributed by atoms with Crippen LogP contribution in [0.15, 0.2) is 48.6 Å². The molecule has 0 N–H and O–H groups in total. The highest BCUT2D eigenvalue weighted by molar-refractivity contribution is 4.97. The Labute approximate surface area is 140 Å². The van der Waals surface area contributed by atoms with E-state index in [1.165, 1.54) is 64.2 Å². The molecule has 0 aliphatic rings. The number of unbranched alkanes of at least 4 members (excludes halogenated alkanes) is 7. The van der Waals surface area contributed by atoms with Gasteiger partial charge in [0.15, 0.2) is 0 Å². The highest BCUT2D eigenvalue weighted by atomic mass is 13.9. The summed E-state index contributed by atoms with van der Waals surface area (Å²) in [6.45, 7) is 4.45. The molecule has 0 aliphatic heterocycles.